The predicted molar refractivity (Wildman–Crippen MR) is 86.7 cm³/mol. The van der Waals surface area contributed by atoms with Gasteiger partial charge in [0, 0.05) is 19.6 Å². The highest BCUT2D eigenvalue weighted by Gasteiger charge is 2.49. The second-order valence-electron chi connectivity index (χ2n) is 6.27. The number of benzene rings is 1. The fourth-order valence-electron chi connectivity index (χ4n) is 3.16. The van der Waals surface area contributed by atoms with Gasteiger partial charge in [0.2, 0.25) is 0 Å². The van der Waals surface area contributed by atoms with E-state index in [0.29, 0.717) is 19.4 Å². The minimum atomic E-state index is -1.13. The third kappa shape index (κ3) is 3.57. The fourth-order valence-corrected chi connectivity index (χ4v) is 3.16. The van der Waals surface area contributed by atoms with Crippen LogP contribution < -0.4 is 0 Å². The summed E-state index contributed by atoms with van der Waals surface area (Å²) in [7, 11) is 0. The number of likely N-dealkylation sites (tertiary alicyclic amines) is 1. The summed E-state index contributed by atoms with van der Waals surface area (Å²) in [6, 6.07) is 9.57. The minimum absolute atomic E-state index is 0.357. The van der Waals surface area contributed by atoms with Gasteiger partial charge < -0.3 is 10.2 Å². The number of aliphatic carboxylic acids is 1. The van der Waals surface area contributed by atoms with E-state index in [1.807, 2.05) is 50.3 Å². The van der Waals surface area contributed by atoms with Crippen molar-refractivity contribution in [3.05, 3.63) is 47.5 Å². The standard InChI is InChI=1S/C18H25NO3/c1-3-14(2)12-19-10-9-16(20)18(13-19,17(21)22)11-15-7-5-4-6-8-15/h3-8,16,20H,9-13H2,1-2H3,(H,21,22)/b14-3+/t16-,18-/m0/s1. The number of piperidine rings is 1. The van der Waals surface area contributed by atoms with Gasteiger partial charge in [0.1, 0.15) is 5.41 Å². The maximum absolute atomic E-state index is 12.0. The van der Waals surface area contributed by atoms with E-state index in [0.717, 1.165) is 18.7 Å². The van der Waals surface area contributed by atoms with E-state index in [9.17, 15) is 15.0 Å². The Morgan fingerprint density at radius 2 is 2.09 bits per heavy atom. The number of hydrogen-bond acceptors (Lipinski definition) is 3. The first-order chi connectivity index (χ1) is 10.5. The summed E-state index contributed by atoms with van der Waals surface area (Å²) in [6.45, 7) is 5.90. The van der Waals surface area contributed by atoms with Gasteiger partial charge in [0.15, 0.2) is 0 Å². The van der Waals surface area contributed by atoms with Crippen molar-refractivity contribution >= 4 is 5.97 Å². The normalized spacial score (nSPS) is 26.9. The van der Waals surface area contributed by atoms with Crippen molar-refractivity contribution in [2.45, 2.75) is 32.8 Å². The van der Waals surface area contributed by atoms with Crippen LogP contribution in [0.4, 0.5) is 0 Å². The highest BCUT2D eigenvalue weighted by atomic mass is 16.4. The lowest BCUT2D eigenvalue weighted by Crippen LogP contribution is -2.57. The maximum Gasteiger partial charge on any atom is 0.313 e. The third-order valence-electron chi connectivity index (χ3n) is 4.62. The molecule has 4 nitrogen and oxygen atoms in total. The molecule has 1 aliphatic rings. The Kier molecular flexibility index (Phi) is 5.37. The molecule has 22 heavy (non-hydrogen) atoms. The maximum atomic E-state index is 12.0. The van der Waals surface area contributed by atoms with E-state index in [-0.39, 0.29) is 0 Å². The molecule has 0 aliphatic carbocycles. The Morgan fingerprint density at radius 3 is 2.68 bits per heavy atom. The molecule has 0 unspecified atom stereocenters. The van der Waals surface area contributed by atoms with Crippen molar-refractivity contribution in [2.24, 2.45) is 5.41 Å². The Labute approximate surface area is 132 Å². The SMILES string of the molecule is C/C=C(\C)CN1CC[C@H](O)[C@@](Cc2ccccc2)(C(=O)O)C1. The summed E-state index contributed by atoms with van der Waals surface area (Å²) < 4.78 is 0. The lowest BCUT2D eigenvalue weighted by Gasteiger charge is -2.43. The number of carboxylic acid groups (broad SMARTS) is 1. The molecule has 4 heteroatoms. The molecule has 0 bridgehead atoms. The van der Waals surface area contributed by atoms with E-state index in [1.54, 1.807) is 0 Å². The molecule has 0 amide bonds. The van der Waals surface area contributed by atoms with Crippen molar-refractivity contribution in [2.75, 3.05) is 19.6 Å². The zero-order valence-electron chi connectivity index (χ0n) is 13.3. The van der Waals surface area contributed by atoms with Crippen molar-refractivity contribution in [3.8, 4) is 0 Å². The van der Waals surface area contributed by atoms with Gasteiger partial charge in [-0.1, -0.05) is 42.0 Å². The summed E-state index contributed by atoms with van der Waals surface area (Å²) in [5.74, 6) is -0.910. The summed E-state index contributed by atoms with van der Waals surface area (Å²) in [5, 5.41) is 20.3. The van der Waals surface area contributed by atoms with Crippen LogP contribution in [0.2, 0.25) is 0 Å². The average Bonchev–Trinajstić information content (AvgIpc) is 2.51. The molecule has 1 aromatic rings. The predicted octanol–water partition coefficient (Wildman–Crippen LogP) is 2.33. The monoisotopic (exact) mass is 303 g/mol. The van der Waals surface area contributed by atoms with E-state index in [4.69, 9.17) is 0 Å². The number of nitrogens with zero attached hydrogens (tertiary/aromatic N) is 1. The number of rotatable bonds is 5. The van der Waals surface area contributed by atoms with Gasteiger partial charge >= 0.3 is 5.97 Å². The van der Waals surface area contributed by atoms with Crippen LogP contribution in [0.1, 0.15) is 25.8 Å². The van der Waals surface area contributed by atoms with Crippen LogP contribution in [0.3, 0.4) is 0 Å². The van der Waals surface area contributed by atoms with Crippen LogP contribution in [0.25, 0.3) is 0 Å². The Bertz CT molecular complexity index is 541. The van der Waals surface area contributed by atoms with E-state index in [1.165, 1.54) is 5.57 Å². The number of carboxylic acids is 1. The van der Waals surface area contributed by atoms with Crippen LogP contribution in [0.5, 0.6) is 0 Å². The molecule has 1 fully saturated rings. The van der Waals surface area contributed by atoms with Crippen molar-refractivity contribution in [3.63, 3.8) is 0 Å². The molecule has 2 atom stereocenters. The molecule has 120 valence electrons. The summed E-state index contributed by atoms with van der Waals surface area (Å²) in [6.07, 6.45) is 2.09. The van der Waals surface area contributed by atoms with Gasteiger partial charge in [-0.25, -0.2) is 0 Å². The van der Waals surface area contributed by atoms with Gasteiger partial charge in [-0.15, -0.1) is 0 Å². The Morgan fingerprint density at radius 1 is 1.41 bits per heavy atom. The van der Waals surface area contributed by atoms with E-state index in [2.05, 4.69) is 4.90 Å². The first kappa shape index (κ1) is 16.7. The van der Waals surface area contributed by atoms with Gasteiger partial charge in [-0.2, -0.15) is 0 Å². The van der Waals surface area contributed by atoms with Gasteiger partial charge in [0.25, 0.3) is 0 Å². The topological polar surface area (TPSA) is 60.8 Å². The van der Waals surface area contributed by atoms with Crippen LogP contribution in [-0.4, -0.2) is 46.8 Å². The number of aliphatic hydroxyl groups excluding tert-OH is 1. The lowest BCUT2D eigenvalue weighted by atomic mass is 9.72. The number of aliphatic hydroxyl groups is 1. The zero-order valence-corrected chi connectivity index (χ0v) is 13.3. The van der Waals surface area contributed by atoms with Gasteiger partial charge in [0.05, 0.1) is 6.10 Å². The van der Waals surface area contributed by atoms with Gasteiger partial charge in [-0.05, 0) is 32.3 Å². The summed E-state index contributed by atoms with van der Waals surface area (Å²) >= 11 is 0. The highest BCUT2D eigenvalue weighted by Crippen LogP contribution is 2.35. The van der Waals surface area contributed by atoms with Crippen molar-refractivity contribution in [1.29, 1.82) is 0 Å². The lowest BCUT2D eigenvalue weighted by molar-refractivity contribution is -0.163. The Hall–Kier alpha value is -1.65. The highest BCUT2D eigenvalue weighted by molar-refractivity contribution is 5.76. The van der Waals surface area contributed by atoms with Crippen molar-refractivity contribution < 1.29 is 15.0 Å². The van der Waals surface area contributed by atoms with Crippen LogP contribution >= 0.6 is 0 Å². The third-order valence-corrected chi connectivity index (χ3v) is 4.62. The van der Waals surface area contributed by atoms with Gasteiger partial charge in [-0.3, -0.25) is 9.69 Å². The van der Waals surface area contributed by atoms with E-state index < -0.39 is 17.5 Å². The molecule has 1 aliphatic heterocycles. The molecule has 1 saturated heterocycles. The van der Waals surface area contributed by atoms with Crippen LogP contribution in [0.15, 0.2) is 42.0 Å². The molecule has 2 rings (SSSR count). The molecular formula is C18H25NO3. The van der Waals surface area contributed by atoms with E-state index >= 15 is 0 Å². The second kappa shape index (κ2) is 7.07. The van der Waals surface area contributed by atoms with Crippen LogP contribution in [-0.2, 0) is 11.2 Å². The molecule has 0 saturated carbocycles. The molecule has 1 aromatic carbocycles. The average molecular weight is 303 g/mol. The molecule has 0 radical (unpaired) electrons. The second-order valence-corrected chi connectivity index (χ2v) is 6.27. The number of hydrogen-bond donors (Lipinski definition) is 2. The van der Waals surface area contributed by atoms with Crippen LogP contribution in [0, 0.1) is 5.41 Å². The molecule has 1 heterocycles. The molecular weight excluding hydrogens is 278 g/mol. The Balaban J connectivity index is 2.24. The smallest absolute Gasteiger partial charge is 0.313 e. The molecule has 0 aromatic heterocycles. The minimum Gasteiger partial charge on any atom is -0.481 e. The fraction of sp³-hybridized carbons (Fsp3) is 0.500. The summed E-state index contributed by atoms with van der Waals surface area (Å²) in [5.41, 5.74) is 1.04. The number of carbonyl (C=O) groups is 1. The molecule has 2 N–H and O–H groups in total. The van der Waals surface area contributed by atoms with Crippen molar-refractivity contribution in [1.82, 2.24) is 4.90 Å². The zero-order chi connectivity index (χ0) is 16.2. The first-order valence-corrected chi connectivity index (χ1v) is 7.77. The quantitative estimate of drug-likeness (QED) is 0.820. The summed E-state index contributed by atoms with van der Waals surface area (Å²) in [4.78, 5) is 14.1. The largest absolute Gasteiger partial charge is 0.481 e. The molecule has 0 spiro atoms. The number of allylic oxidation sites excluding steroid dienone is 1. The first-order valence-electron chi connectivity index (χ1n) is 7.77.